The SMILES string of the molecule is OCc1cccnc1N1CC2CCCC2C1. The molecule has 3 nitrogen and oxygen atoms in total. The molecule has 1 saturated heterocycles. The van der Waals surface area contributed by atoms with Crippen molar-refractivity contribution in [1.29, 1.82) is 0 Å². The first-order valence-electron chi connectivity index (χ1n) is 6.18. The number of hydrogen-bond donors (Lipinski definition) is 1. The van der Waals surface area contributed by atoms with Crippen LogP contribution in [0.3, 0.4) is 0 Å². The minimum Gasteiger partial charge on any atom is -0.392 e. The van der Waals surface area contributed by atoms with Gasteiger partial charge < -0.3 is 10.0 Å². The molecule has 1 aliphatic carbocycles. The van der Waals surface area contributed by atoms with Crippen molar-refractivity contribution in [3.05, 3.63) is 23.9 Å². The van der Waals surface area contributed by atoms with Crippen LogP contribution >= 0.6 is 0 Å². The molecule has 0 bridgehead atoms. The Balaban J connectivity index is 1.83. The quantitative estimate of drug-likeness (QED) is 0.822. The largest absolute Gasteiger partial charge is 0.392 e. The second-order valence-electron chi connectivity index (χ2n) is 5.00. The van der Waals surface area contributed by atoms with Crippen LogP contribution in [-0.2, 0) is 6.61 Å². The Morgan fingerprint density at radius 1 is 1.31 bits per heavy atom. The molecule has 2 unspecified atom stereocenters. The number of fused-ring (bicyclic) bond motifs is 1. The summed E-state index contributed by atoms with van der Waals surface area (Å²) in [4.78, 5) is 6.79. The van der Waals surface area contributed by atoms with Crippen LogP contribution in [0.25, 0.3) is 0 Å². The zero-order chi connectivity index (χ0) is 11.0. The van der Waals surface area contributed by atoms with Gasteiger partial charge >= 0.3 is 0 Å². The highest BCUT2D eigenvalue weighted by atomic mass is 16.3. The standard InChI is InChI=1S/C13H18N2O/c16-9-12-5-2-6-14-13(12)15-7-10-3-1-4-11(10)8-15/h2,5-6,10-11,16H,1,3-4,7-9H2. The van der Waals surface area contributed by atoms with Crippen LogP contribution in [0.4, 0.5) is 5.82 Å². The number of pyridine rings is 1. The third kappa shape index (κ3) is 1.59. The van der Waals surface area contributed by atoms with E-state index in [-0.39, 0.29) is 6.61 Å². The fourth-order valence-corrected chi connectivity index (χ4v) is 3.25. The average Bonchev–Trinajstić information content (AvgIpc) is 2.89. The van der Waals surface area contributed by atoms with Crippen LogP contribution in [0.1, 0.15) is 24.8 Å². The third-order valence-electron chi connectivity index (χ3n) is 4.06. The lowest BCUT2D eigenvalue weighted by atomic mass is 10.0. The Hall–Kier alpha value is -1.09. The molecule has 2 fully saturated rings. The normalized spacial score (nSPS) is 28.4. The average molecular weight is 218 g/mol. The second kappa shape index (κ2) is 4.06. The number of aliphatic hydroxyl groups excluding tert-OH is 1. The molecule has 0 radical (unpaired) electrons. The van der Waals surface area contributed by atoms with Crippen molar-refractivity contribution in [3.63, 3.8) is 0 Å². The van der Waals surface area contributed by atoms with E-state index >= 15 is 0 Å². The molecule has 1 aromatic rings. The molecule has 16 heavy (non-hydrogen) atoms. The summed E-state index contributed by atoms with van der Waals surface area (Å²) in [7, 11) is 0. The number of nitrogens with zero attached hydrogens (tertiary/aromatic N) is 2. The Kier molecular flexibility index (Phi) is 2.56. The van der Waals surface area contributed by atoms with Crippen molar-refractivity contribution in [1.82, 2.24) is 4.98 Å². The molecule has 0 amide bonds. The highest BCUT2D eigenvalue weighted by Gasteiger charge is 2.36. The van der Waals surface area contributed by atoms with Crippen LogP contribution in [0, 0.1) is 11.8 Å². The summed E-state index contributed by atoms with van der Waals surface area (Å²) < 4.78 is 0. The van der Waals surface area contributed by atoms with Crippen molar-refractivity contribution < 1.29 is 5.11 Å². The van der Waals surface area contributed by atoms with E-state index in [9.17, 15) is 5.11 Å². The van der Waals surface area contributed by atoms with E-state index < -0.39 is 0 Å². The lowest BCUT2D eigenvalue weighted by Gasteiger charge is -2.20. The summed E-state index contributed by atoms with van der Waals surface area (Å²) in [5.41, 5.74) is 0.961. The lowest BCUT2D eigenvalue weighted by Crippen LogP contribution is -2.23. The van der Waals surface area contributed by atoms with E-state index in [1.54, 1.807) is 0 Å². The van der Waals surface area contributed by atoms with E-state index in [4.69, 9.17) is 0 Å². The van der Waals surface area contributed by atoms with Crippen LogP contribution in [0.5, 0.6) is 0 Å². The first kappa shape index (κ1) is 10.1. The molecular weight excluding hydrogens is 200 g/mol. The van der Waals surface area contributed by atoms with E-state index in [0.717, 1.165) is 36.3 Å². The van der Waals surface area contributed by atoms with Crippen LogP contribution in [0.15, 0.2) is 18.3 Å². The molecular formula is C13H18N2O. The Labute approximate surface area is 96.1 Å². The predicted octanol–water partition coefficient (Wildman–Crippen LogP) is 1.81. The van der Waals surface area contributed by atoms with Crippen molar-refractivity contribution in [2.45, 2.75) is 25.9 Å². The first-order chi connectivity index (χ1) is 7.88. The maximum Gasteiger partial charge on any atom is 0.134 e. The van der Waals surface area contributed by atoms with Gasteiger partial charge in [0.1, 0.15) is 5.82 Å². The number of rotatable bonds is 2. The molecule has 86 valence electrons. The van der Waals surface area contributed by atoms with Crippen molar-refractivity contribution >= 4 is 5.82 Å². The maximum atomic E-state index is 9.32. The lowest BCUT2D eigenvalue weighted by molar-refractivity contribution is 0.281. The molecule has 2 atom stereocenters. The zero-order valence-corrected chi connectivity index (χ0v) is 9.47. The third-order valence-corrected chi connectivity index (χ3v) is 4.06. The van der Waals surface area contributed by atoms with E-state index in [2.05, 4.69) is 9.88 Å². The molecule has 3 heteroatoms. The van der Waals surface area contributed by atoms with E-state index in [1.807, 2.05) is 18.3 Å². The smallest absolute Gasteiger partial charge is 0.134 e. The van der Waals surface area contributed by atoms with Crippen LogP contribution in [0.2, 0.25) is 0 Å². The van der Waals surface area contributed by atoms with Crippen LogP contribution in [-0.4, -0.2) is 23.2 Å². The van der Waals surface area contributed by atoms with Gasteiger partial charge in [0, 0.05) is 24.8 Å². The second-order valence-corrected chi connectivity index (χ2v) is 5.00. The minimum atomic E-state index is 0.0923. The molecule has 1 aliphatic heterocycles. The van der Waals surface area contributed by atoms with Crippen LogP contribution < -0.4 is 4.90 Å². The van der Waals surface area contributed by atoms with Crippen molar-refractivity contribution in [2.24, 2.45) is 11.8 Å². The Morgan fingerprint density at radius 3 is 2.75 bits per heavy atom. The summed E-state index contributed by atoms with van der Waals surface area (Å²) >= 11 is 0. The molecule has 2 heterocycles. The van der Waals surface area contributed by atoms with Gasteiger partial charge in [-0.15, -0.1) is 0 Å². The first-order valence-corrected chi connectivity index (χ1v) is 6.18. The molecule has 1 N–H and O–H groups in total. The number of hydrogen-bond acceptors (Lipinski definition) is 3. The maximum absolute atomic E-state index is 9.32. The molecule has 0 aromatic carbocycles. The van der Waals surface area contributed by atoms with Crippen molar-refractivity contribution in [2.75, 3.05) is 18.0 Å². The van der Waals surface area contributed by atoms with Gasteiger partial charge in [-0.2, -0.15) is 0 Å². The Bertz CT molecular complexity index is 368. The van der Waals surface area contributed by atoms with Gasteiger partial charge in [0.25, 0.3) is 0 Å². The summed E-state index contributed by atoms with van der Waals surface area (Å²) in [5.74, 6) is 2.74. The van der Waals surface area contributed by atoms with Gasteiger partial charge in [0.2, 0.25) is 0 Å². The highest BCUT2D eigenvalue weighted by molar-refractivity contribution is 5.47. The number of aromatic nitrogens is 1. The summed E-state index contributed by atoms with van der Waals surface area (Å²) in [6.07, 6.45) is 5.98. The molecule has 1 saturated carbocycles. The number of anilines is 1. The van der Waals surface area contributed by atoms with Gasteiger partial charge in [-0.1, -0.05) is 12.5 Å². The monoisotopic (exact) mass is 218 g/mol. The fourth-order valence-electron chi connectivity index (χ4n) is 3.25. The van der Waals surface area contributed by atoms with E-state index in [1.165, 1.54) is 19.3 Å². The van der Waals surface area contributed by atoms with E-state index in [0.29, 0.717) is 0 Å². The topological polar surface area (TPSA) is 36.4 Å². The van der Waals surface area contributed by atoms with Crippen molar-refractivity contribution in [3.8, 4) is 0 Å². The molecule has 1 aromatic heterocycles. The highest BCUT2D eigenvalue weighted by Crippen LogP contribution is 2.39. The van der Waals surface area contributed by atoms with Gasteiger partial charge in [0.05, 0.1) is 6.61 Å². The van der Waals surface area contributed by atoms with Gasteiger partial charge in [-0.25, -0.2) is 4.98 Å². The molecule has 0 spiro atoms. The zero-order valence-electron chi connectivity index (χ0n) is 9.47. The molecule has 3 rings (SSSR count). The van der Waals surface area contributed by atoms with Gasteiger partial charge in [0.15, 0.2) is 0 Å². The van der Waals surface area contributed by atoms with Gasteiger partial charge in [-0.05, 0) is 30.7 Å². The summed E-state index contributed by atoms with van der Waals surface area (Å²) in [6.45, 7) is 2.36. The fraction of sp³-hybridized carbons (Fsp3) is 0.615. The minimum absolute atomic E-state index is 0.0923. The summed E-state index contributed by atoms with van der Waals surface area (Å²) in [5, 5.41) is 9.32. The molecule has 2 aliphatic rings. The summed E-state index contributed by atoms with van der Waals surface area (Å²) in [6, 6.07) is 3.86. The number of aliphatic hydroxyl groups is 1. The predicted molar refractivity (Wildman–Crippen MR) is 63.2 cm³/mol. The van der Waals surface area contributed by atoms with Gasteiger partial charge in [-0.3, -0.25) is 0 Å². The Morgan fingerprint density at radius 2 is 2.06 bits per heavy atom.